The molecule has 0 aromatic heterocycles. The maximum Gasteiger partial charge on any atom is 0.413 e. The van der Waals surface area contributed by atoms with Gasteiger partial charge in [0.05, 0.1) is 11.8 Å². The normalized spacial score (nSPS) is 19.9. The smallest absolute Gasteiger partial charge is 0.413 e. The third-order valence-electron chi connectivity index (χ3n) is 12.5. The first kappa shape index (κ1) is 56.6. The Balaban J connectivity index is 0.000000376. The van der Waals surface area contributed by atoms with Crippen molar-refractivity contribution in [2.24, 2.45) is 23.7 Å². The number of esters is 1. The Morgan fingerprint density at radius 1 is 0.662 bits per heavy atom. The van der Waals surface area contributed by atoms with Crippen molar-refractivity contribution < 1.29 is 57.7 Å². The molecule has 1 N–H and O–H groups in total. The summed E-state index contributed by atoms with van der Waals surface area (Å²) in [5.74, 6) is -2.80. The number of hydrogen-bond donors (Lipinski definition) is 1. The number of carboxylic acids is 1. The highest BCUT2D eigenvalue weighted by Gasteiger charge is 2.50. The molecule has 14 nitrogen and oxygen atoms in total. The summed E-state index contributed by atoms with van der Waals surface area (Å²) in [6.45, 7) is 9.85. The molecule has 6 atom stereocenters. The van der Waals surface area contributed by atoms with Gasteiger partial charge in [-0.3, -0.25) is 29.0 Å². The van der Waals surface area contributed by atoms with E-state index in [1.165, 1.54) is 30.7 Å². The van der Waals surface area contributed by atoms with Gasteiger partial charge in [0.2, 0.25) is 6.79 Å². The molecule has 65 heavy (non-hydrogen) atoms. The summed E-state index contributed by atoms with van der Waals surface area (Å²) < 4.78 is 15.2. The molecule has 2 saturated carbocycles. The number of Topliss-reactive ketones (excluding diaryl/α,β-unsaturated/α-hetero) is 4. The van der Waals surface area contributed by atoms with Gasteiger partial charge in [-0.05, 0) is 76.3 Å². The molecular weight excluding hydrogens is 903 g/mol. The van der Waals surface area contributed by atoms with Crippen LogP contribution >= 0.6 is 34.8 Å². The number of alkyl halides is 1. The number of likely N-dealkylation sites (N-methyl/N-ethyl adjacent to an activating group) is 2. The van der Waals surface area contributed by atoms with Crippen LogP contribution in [0.5, 0.6) is 0 Å². The molecule has 0 bridgehead atoms. The standard InChI is InChI=1S/C24H32ClNO6.C15H17Cl2NO3.C9H16O3/c1-5-16(2)18(14-17(3)27)22(29)31-15-32-23(30)26(4)24(13-9-8-12-21(24)28)19-10-6-7-11-20(19)25;1-18(14(20)21-10-16)15(9-5-4-8-13(15)19)11-6-2-3-7-12(11)17;1-4-6(2)8(9(11)12)5-7(3)10/h6-7,10-11,16,18H,5,8-9,12-15H2,1-4H3;2-3,6-7H,4-5,8-10H2,1H3;6,8H,4-5H2,1-3H3,(H,11,12)/t16?,18-,24-;15-;6?,8-/m000/s1. The third-order valence-corrected chi connectivity index (χ3v) is 13.3. The average Bonchev–Trinajstić information content (AvgIpc) is 3.27. The Kier molecular flexibility index (Phi) is 23.7. The molecule has 4 rings (SSSR count). The number of ether oxygens (including phenoxy) is 3. The highest BCUT2D eigenvalue weighted by molar-refractivity contribution is 6.32. The zero-order valence-electron chi connectivity index (χ0n) is 38.8. The predicted octanol–water partition coefficient (Wildman–Crippen LogP) is 10.5. The van der Waals surface area contributed by atoms with Crippen LogP contribution < -0.4 is 0 Å². The molecule has 2 unspecified atom stereocenters. The van der Waals surface area contributed by atoms with Crippen molar-refractivity contribution >= 4 is 82.1 Å². The number of ketones is 4. The lowest BCUT2D eigenvalue weighted by Crippen LogP contribution is -2.54. The van der Waals surface area contributed by atoms with Gasteiger partial charge in [-0.1, -0.05) is 112 Å². The summed E-state index contributed by atoms with van der Waals surface area (Å²) in [6, 6.07) is 13.8. The van der Waals surface area contributed by atoms with Crippen LogP contribution in [0.3, 0.4) is 0 Å². The van der Waals surface area contributed by atoms with Crippen molar-refractivity contribution in [1.29, 1.82) is 0 Å². The molecule has 0 heterocycles. The molecule has 2 aromatic carbocycles. The van der Waals surface area contributed by atoms with Gasteiger partial charge in [0.25, 0.3) is 0 Å². The van der Waals surface area contributed by atoms with E-state index in [9.17, 15) is 38.4 Å². The lowest BCUT2D eigenvalue weighted by Gasteiger charge is -2.43. The van der Waals surface area contributed by atoms with Gasteiger partial charge >= 0.3 is 24.1 Å². The van der Waals surface area contributed by atoms with Gasteiger partial charge in [0.1, 0.15) is 22.6 Å². The number of halogens is 3. The van der Waals surface area contributed by atoms with E-state index in [-0.39, 0.29) is 53.9 Å². The first-order valence-electron chi connectivity index (χ1n) is 22.0. The molecule has 17 heteroatoms. The second-order valence-corrected chi connectivity index (χ2v) is 17.7. The highest BCUT2D eigenvalue weighted by atomic mass is 35.5. The molecule has 0 aliphatic heterocycles. The minimum absolute atomic E-state index is 0.0177. The molecule has 2 amide bonds. The van der Waals surface area contributed by atoms with Crippen LogP contribution in [0.25, 0.3) is 0 Å². The number of amides is 2. The Morgan fingerprint density at radius 2 is 1.06 bits per heavy atom. The van der Waals surface area contributed by atoms with E-state index in [4.69, 9.17) is 54.1 Å². The first-order chi connectivity index (χ1) is 30.7. The maximum atomic E-state index is 13.1. The van der Waals surface area contributed by atoms with Crippen molar-refractivity contribution in [2.75, 3.05) is 27.0 Å². The number of hydrogen-bond acceptors (Lipinski definition) is 11. The Labute approximate surface area is 397 Å². The fourth-order valence-corrected chi connectivity index (χ4v) is 8.97. The molecule has 0 radical (unpaired) electrons. The van der Waals surface area contributed by atoms with Crippen molar-refractivity contribution in [3.05, 3.63) is 69.7 Å². The molecule has 0 spiro atoms. The summed E-state index contributed by atoms with van der Waals surface area (Å²) in [4.78, 5) is 98.7. The molecular formula is C48H65Cl3N2O12. The lowest BCUT2D eigenvalue weighted by atomic mass is 9.74. The lowest BCUT2D eigenvalue weighted by molar-refractivity contribution is -0.161. The largest absolute Gasteiger partial charge is 0.481 e. The number of benzene rings is 2. The van der Waals surface area contributed by atoms with Crippen LogP contribution in [0, 0.1) is 23.7 Å². The number of carbonyl (C=O) groups excluding carboxylic acids is 7. The third kappa shape index (κ3) is 15.0. The Morgan fingerprint density at radius 3 is 1.43 bits per heavy atom. The molecule has 2 fully saturated rings. The van der Waals surface area contributed by atoms with Crippen molar-refractivity contribution in [3.63, 3.8) is 0 Å². The van der Waals surface area contributed by atoms with Crippen molar-refractivity contribution in [3.8, 4) is 0 Å². The summed E-state index contributed by atoms with van der Waals surface area (Å²) >= 11 is 18.1. The Bertz CT molecular complexity index is 1980. The van der Waals surface area contributed by atoms with Crippen LogP contribution in [-0.4, -0.2) is 89.1 Å². The summed E-state index contributed by atoms with van der Waals surface area (Å²) in [6.07, 6.45) is 5.20. The zero-order chi connectivity index (χ0) is 49.1. The van der Waals surface area contributed by atoms with E-state index in [0.717, 1.165) is 32.1 Å². The van der Waals surface area contributed by atoms with E-state index in [0.29, 0.717) is 53.3 Å². The fourth-order valence-electron chi connectivity index (χ4n) is 8.29. The molecule has 0 saturated heterocycles. The van der Waals surface area contributed by atoms with E-state index in [2.05, 4.69) is 0 Å². The quantitative estimate of drug-likeness (QED) is 0.0898. The second-order valence-electron chi connectivity index (χ2n) is 16.7. The highest BCUT2D eigenvalue weighted by Crippen LogP contribution is 2.44. The number of rotatable bonds is 17. The number of carbonyl (C=O) groups is 8. The van der Waals surface area contributed by atoms with E-state index in [1.807, 2.05) is 33.8 Å². The minimum Gasteiger partial charge on any atom is -0.481 e. The Hall–Kier alpha value is -4.53. The van der Waals surface area contributed by atoms with Gasteiger partial charge < -0.3 is 28.9 Å². The van der Waals surface area contributed by atoms with E-state index >= 15 is 0 Å². The maximum absolute atomic E-state index is 13.1. The van der Waals surface area contributed by atoms with Crippen molar-refractivity contribution in [2.45, 2.75) is 130 Å². The van der Waals surface area contributed by atoms with E-state index < -0.39 is 53.8 Å². The average molecular weight is 968 g/mol. The SMILES string of the molecule is CCC(C)[C@H](CC(C)=O)C(=O)O.CCC(C)[C@H](CC(C)=O)C(=O)OCOC(=O)N(C)[C@]1(c2ccccc2Cl)CCCCC1=O.CN(C(=O)OCCl)[C@]1(c2ccccc2Cl)CCCCC1=O. The van der Waals surface area contributed by atoms with Gasteiger partial charge in [-0.25, -0.2) is 9.59 Å². The number of nitrogens with zero attached hydrogens (tertiary/aromatic N) is 2. The van der Waals surface area contributed by atoms with Crippen LogP contribution in [-0.2, 0) is 54.1 Å². The molecule has 2 aromatic rings. The topological polar surface area (TPSA) is 191 Å². The van der Waals surface area contributed by atoms with Gasteiger partial charge in [-0.15, -0.1) is 0 Å². The monoisotopic (exact) mass is 966 g/mol. The van der Waals surface area contributed by atoms with Gasteiger partial charge in [0, 0.05) is 61.0 Å². The van der Waals surface area contributed by atoms with Crippen LogP contribution in [0.1, 0.15) is 130 Å². The number of carboxylic acid groups (broad SMARTS) is 1. The molecule has 360 valence electrons. The van der Waals surface area contributed by atoms with Crippen molar-refractivity contribution in [1.82, 2.24) is 9.80 Å². The molecule has 2 aliphatic rings. The van der Waals surface area contributed by atoms with Crippen LogP contribution in [0.15, 0.2) is 48.5 Å². The number of aliphatic carboxylic acids is 1. The summed E-state index contributed by atoms with van der Waals surface area (Å²) in [5, 5.41) is 9.64. The van der Waals surface area contributed by atoms with Crippen LogP contribution in [0.4, 0.5) is 9.59 Å². The van der Waals surface area contributed by atoms with Crippen LogP contribution in [0.2, 0.25) is 10.0 Å². The molecule has 2 aliphatic carbocycles. The minimum atomic E-state index is -1.23. The summed E-state index contributed by atoms with van der Waals surface area (Å²) in [7, 11) is 3.05. The fraction of sp³-hybridized carbons (Fsp3) is 0.583. The van der Waals surface area contributed by atoms with E-state index in [1.54, 1.807) is 49.5 Å². The first-order valence-corrected chi connectivity index (χ1v) is 23.3. The second kappa shape index (κ2) is 27.2. The zero-order valence-corrected chi connectivity index (χ0v) is 41.1. The predicted molar refractivity (Wildman–Crippen MR) is 247 cm³/mol. The van der Waals surface area contributed by atoms with Gasteiger partial charge in [-0.2, -0.15) is 0 Å². The van der Waals surface area contributed by atoms with Gasteiger partial charge in [0.15, 0.2) is 17.6 Å². The summed E-state index contributed by atoms with van der Waals surface area (Å²) in [5.41, 5.74) is -1.10.